The van der Waals surface area contributed by atoms with Crippen LogP contribution in [0, 0.1) is 0 Å². The minimum Gasteiger partial charge on any atom is -0.364 e. The topological polar surface area (TPSA) is 58.5 Å². The highest BCUT2D eigenvalue weighted by molar-refractivity contribution is 7.91. The van der Waals surface area contributed by atoms with Gasteiger partial charge in [0.05, 0.1) is 6.54 Å². The second kappa shape index (κ2) is 1.98. The van der Waals surface area contributed by atoms with Crippen LogP contribution in [0.5, 0.6) is 0 Å². The molecule has 1 rings (SSSR count). The van der Waals surface area contributed by atoms with Crippen molar-refractivity contribution in [1.29, 1.82) is 0 Å². The molecule has 4 nitrogen and oxygen atoms in total. The van der Waals surface area contributed by atoms with Crippen molar-refractivity contribution in [2.75, 3.05) is 12.8 Å². The van der Waals surface area contributed by atoms with Gasteiger partial charge in [-0.15, -0.1) is 0 Å². The first-order chi connectivity index (χ1) is 4.11. The van der Waals surface area contributed by atoms with E-state index in [1.165, 1.54) is 0 Å². The lowest BCUT2D eigenvalue weighted by molar-refractivity contribution is 0.589. The quantitative estimate of drug-likeness (QED) is 0.510. The molecule has 1 atom stereocenters. The van der Waals surface area contributed by atoms with E-state index in [1.807, 2.05) is 0 Å². The zero-order valence-corrected chi connectivity index (χ0v) is 5.77. The molecule has 9 heavy (non-hydrogen) atoms. The largest absolute Gasteiger partial charge is 0.364 e. The van der Waals surface area contributed by atoms with Crippen molar-refractivity contribution in [3.63, 3.8) is 0 Å². The molecule has 1 radical (unpaired) electrons. The van der Waals surface area contributed by atoms with Crippen molar-refractivity contribution in [2.24, 2.45) is 4.99 Å². The smallest absolute Gasteiger partial charge is 0.172 e. The van der Waals surface area contributed by atoms with Gasteiger partial charge in [0.1, 0.15) is 0 Å². The standard InChI is InChI=1S/C4H7N2O2S/c1-9(7,8)4-2-5-3-6-4/h4H,2H2,1H3,(H,5,6). The fourth-order valence-corrected chi connectivity index (χ4v) is 1.17. The summed E-state index contributed by atoms with van der Waals surface area (Å²) in [4.78, 5) is 3.56. The van der Waals surface area contributed by atoms with Crippen molar-refractivity contribution in [3.8, 4) is 0 Å². The number of aliphatic imine (C=N–C) groups is 1. The first-order valence-electron chi connectivity index (χ1n) is 2.47. The van der Waals surface area contributed by atoms with Gasteiger partial charge in [0, 0.05) is 6.26 Å². The van der Waals surface area contributed by atoms with E-state index < -0.39 is 15.2 Å². The maximum Gasteiger partial charge on any atom is 0.172 e. The summed E-state index contributed by atoms with van der Waals surface area (Å²) in [6.45, 7) is 0.360. The Kier molecular flexibility index (Phi) is 1.44. The van der Waals surface area contributed by atoms with E-state index in [4.69, 9.17) is 0 Å². The maximum atomic E-state index is 10.7. The van der Waals surface area contributed by atoms with Gasteiger partial charge in [0.2, 0.25) is 0 Å². The molecule has 0 aromatic heterocycles. The second-order valence-electron chi connectivity index (χ2n) is 1.91. The average molecular weight is 147 g/mol. The van der Waals surface area contributed by atoms with E-state index in [9.17, 15) is 8.42 Å². The molecule has 5 heteroatoms. The molecule has 0 amide bonds. The predicted molar refractivity (Wildman–Crippen MR) is 34.1 cm³/mol. The number of sulfone groups is 1. The number of nitrogens with one attached hydrogen (secondary N) is 1. The number of hydrogen-bond acceptors (Lipinski definition) is 4. The highest BCUT2D eigenvalue weighted by Crippen LogP contribution is 2.01. The lowest BCUT2D eigenvalue weighted by Crippen LogP contribution is -2.23. The fraction of sp³-hybridized carbons (Fsp3) is 0.750. The minimum atomic E-state index is -2.99. The summed E-state index contributed by atoms with van der Waals surface area (Å²) in [6.07, 6.45) is 3.54. The summed E-state index contributed by atoms with van der Waals surface area (Å²) in [5.41, 5.74) is 0. The van der Waals surface area contributed by atoms with Crippen LogP contribution in [0.25, 0.3) is 0 Å². The lowest BCUT2D eigenvalue weighted by atomic mass is 10.7. The van der Waals surface area contributed by atoms with Gasteiger partial charge in [0.25, 0.3) is 0 Å². The molecule has 0 spiro atoms. The van der Waals surface area contributed by atoms with Gasteiger partial charge in [-0.1, -0.05) is 0 Å². The first kappa shape index (κ1) is 6.54. The number of hydrogen-bond donors (Lipinski definition) is 1. The number of nitrogens with zero attached hydrogens (tertiary/aromatic N) is 1. The van der Waals surface area contributed by atoms with E-state index in [0.717, 1.165) is 6.26 Å². The van der Waals surface area contributed by atoms with Gasteiger partial charge in [-0.2, -0.15) is 0 Å². The van der Waals surface area contributed by atoms with Crippen LogP contribution in [-0.2, 0) is 9.84 Å². The van der Waals surface area contributed by atoms with Gasteiger partial charge >= 0.3 is 0 Å². The van der Waals surface area contributed by atoms with Crippen LogP contribution in [0.2, 0.25) is 0 Å². The molecule has 1 unspecified atom stereocenters. The number of rotatable bonds is 1. The van der Waals surface area contributed by atoms with Crippen LogP contribution in [0.3, 0.4) is 0 Å². The first-order valence-corrected chi connectivity index (χ1v) is 4.43. The van der Waals surface area contributed by atoms with Crippen LogP contribution < -0.4 is 5.32 Å². The summed E-state index contributed by atoms with van der Waals surface area (Å²) in [6, 6.07) is 0. The lowest BCUT2D eigenvalue weighted by Gasteiger charge is -2.00. The SMILES string of the molecule is CS(=O)(=O)C1CN[C]=N1. The van der Waals surface area contributed by atoms with Crippen LogP contribution in [-0.4, -0.2) is 32.9 Å². The summed E-state index contributed by atoms with van der Waals surface area (Å²) < 4.78 is 21.3. The third kappa shape index (κ3) is 1.41. The van der Waals surface area contributed by atoms with Crippen molar-refractivity contribution in [3.05, 3.63) is 0 Å². The molecule has 0 aliphatic carbocycles. The molecule has 1 aliphatic rings. The highest BCUT2D eigenvalue weighted by Gasteiger charge is 2.21. The van der Waals surface area contributed by atoms with E-state index in [2.05, 4.69) is 16.6 Å². The molecule has 0 aromatic carbocycles. The van der Waals surface area contributed by atoms with E-state index in [1.54, 1.807) is 0 Å². The molecular formula is C4H7N2O2S. The molecule has 1 N–H and O–H groups in total. The van der Waals surface area contributed by atoms with E-state index in [0.29, 0.717) is 6.54 Å². The van der Waals surface area contributed by atoms with Gasteiger partial charge in [-0.05, 0) is 0 Å². The van der Waals surface area contributed by atoms with Gasteiger partial charge in [-0.25, -0.2) is 13.4 Å². The Labute approximate surface area is 53.9 Å². The average Bonchev–Trinajstić information content (AvgIpc) is 2.08. The molecule has 0 bridgehead atoms. The molecule has 0 saturated carbocycles. The zero-order valence-electron chi connectivity index (χ0n) is 4.96. The maximum absolute atomic E-state index is 10.7. The van der Waals surface area contributed by atoms with Gasteiger partial charge in [-0.3, -0.25) is 0 Å². The van der Waals surface area contributed by atoms with Gasteiger partial charge in [0.15, 0.2) is 21.5 Å². The summed E-state index contributed by atoms with van der Waals surface area (Å²) in [5, 5.41) is 1.97. The predicted octanol–water partition coefficient (Wildman–Crippen LogP) is -1.13. The van der Waals surface area contributed by atoms with Crippen molar-refractivity contribution < 1.29 is 8.42 Å². The Morgan fingerprint density at radius 2 is 2.44 bits per heavy atom. The molecule has 51 valence electrons. The summed E-state index contributed by atoms with van der Waals surface area (Å²) in [7, 11) is -2.99. The molecule has 0 fully saturated rings. The van der Waals surface area contributed by atoms with Crippen LogP contribution >= 0.6 is 0 Å². The van der Waals surface area contributed by atoms with E-state index >= 15 is 0 Å². The Balaban J connectivity index is 2.76. The molecule has 0 saturated heterocycles. The second-order valence-corrected chi connectivity index (χ2v) is 4.11. The zero-order chi connectivity index (χ0) is 6.91. The fourth-order valence-electron chi connectivity index (χ4n) is 0.543. The Morgan fingerprint density at radius 1 is 1.78 bits per heavy atom. The third-order valence-electron chi connectivity index (χ3n) is 1.06. The molecular weight excluding hydrogens is 140 g/mol. The van der Waals surface area contributed by atoms with Crippen molar-refractivity contribution >= 4 is 16.2 Å². The van der Waals surface area contributed by atoms with Crippen LogP contribution in [0.15, 0.2) is 4.99 Å². The van der Waals surface area contributed by atoms with Crippen LogP contribution in [0.1, 0.15) is 0 Å². The Bertz CT molecular complexity index is 219. The summed E-state index contributed by atoms with van der Waals surface area (Å²) in [5.74, 6) is 0. The highest BCUT2D eigenvalue weighted by atomic mass is 32.2. The Hall–Kier alpha value is -0.580. The minimum absolute atomic E-state index is 0.360. The van der Waals surface area contributed by atoms with Gasteiger partial charge < -0.3 is 5.32 Å². The van der Waals surface area contributed by atoms with Crippen molar-refractivity contribution in [2.45, 2.75) is 5.37 Å². The third-order valence-corrected chi connectivity index (χ3v) is 2.32. The van der Waals surface area contributed by atoms with Crippen molar-refractivity contribution in [1.82, 2.24) is 5.32 Å². The normalized spacial score (nSPS) is 26.1. The monoisotopic (exact) mass is 147 g/mol. The van der Waals surface area contributed by atoms with Crippen LogP contribution in [0.4, 0.5) is 0 Å². The van der Waals surface area contributed by atoms with E-state index in [-0.39, 0.29) is 0 Å². The summed E-state index contributed by atoms with van der Waals surface area (Å²) >= 11 is 0. The molecule has 0 aromatic rings. The molecule has 1 heterocycles. The molecule has 1 aliphatic heterocycles. The Morgan fingerprint density at radius 3 is 2.67 bits per heavy atom.